The normalized spacial score (nSPS) is 27.3. The van der Waals surface area contributed by atoms with Gasteiger partial charge in [0.2, 0.25) is 0 Å². The molecule has 0 unspecified atom stereocenters. The molecule has 23 heavy (non-hydrogen) atoms. The van der Waals surface area contributed by atoms with E-state index in [0.29, 0.717) is 26.2 Å². The molecule has 8 heteroatoms. The lowest BCUT2D eigenvalue weighted by Crippen LogP contribution is -2.51. The summed E-state index contributed by atoms with van der Waals surface area (Å²) in [5, 5.41) is 11.5. The van der Waals surface area contributed by atoms with Crippen molar-refractivity contribution in [3.05, 3.63) is 6.33 Å². The highest BCUT2D eigenvalue weighted by Gasteiger charge is 2.48. The summed E-state index contributed by atoms with van der Waals surface area (Å²) in [6, 6.07) is 0. The van der Waals surface area contributed by atoms with Gasteiger partial charge in [-0.15, -0.1) is 5.10 Å². The summed E-state index contributed by atoms with van der Waals surface area (Å²) < 4.78 is 7.44. The number of nitrogens with zero attached hydrogens (tertiary/aromatic N) is 5. The number of nitrogens with two attached hydrogens (primary N) is 1. The Hall–Kier alpha value is -1.54. The van der Waals surface area contributed by atoms with Crippen molar-refractivity contribution >= 4 is 5.91 Å². The topological polar surface area (TPSA) is 99.2 Å². The highest BCUT2D eigenvalue weighted by molar-refractivity contribution is 5.85. The average Bonchev–Trinajstić information content (AvgIpc) is 3.25. The molecule has 2 heterocycles. The Kier molecular flexibility index (Phi) is 4.91. The quantitative estimate of drug-likeness (QED) is 0.829. The number of rotatable bonds is 5. The smallest absolute Gasteiger partial charge is 0.250 e. The highest BCUT2D eigenvalue weighted by atomic mass is 16.5. The van der Waals surface area contributed by atoms with E-state index in [1.807, 2.05) is 11.8 Å². The van der Waals surface area contributed by atoms with Crippen LogP contribution in [0.5, 0.6) is 0 Å². The summed E-state index contributed by atoms with van der Waals surface area (Å²) in [5.74, 6) is 0.318. The van der Waals surface area contributed by atoms with E-state index in [-0.39, 0.29) is 17.9 Å². The first-order valence-corrected chi connectivity index (χ1v) is 8.56. The maximum atomic E-state index is 13.3. The fourth-order valence-corrected chi connectivity index (χ4v) is 3.97. The maximum Gasteiger partial charge on any atom is 0.250 e. The van der Waals surface area contributed by atoms with Gasteiger partial charge in [-0.25, -0.2) is 4.68 Å². The minimum atomic E-state index is -0.637. The van der Waals surface area contributed by atoms with Crippen molar-refractivity contribution < 1.29 is 9.53 Å². The second kappa shape index (κ2) is 6.92. The fourth-order valence-electron chi connectivity index (χ4n) is 3.97. The summed E-state index contributed by atoms with van der Waals surface area (Å²) in [4.78, 5) is 15.3. The number of amides is 1. The van der Waals surface area contributed by atoms with Gasteiger partial charge in [0, 0.05) is 25.6 Å². The molecular weight excluding hydrogens is 296 g/mol. The Balaban J connectivity index is 1.82. The molecule has 2 N–H and O–H groups in total. The molecule has 1 amide bonds. The molecule has 0 bridgehead atoms. The Morgan fingerprint density at radius 1 is 1.35 bits per heavy atom. The van der Waals surface area contributed by atoms with Crippen LogP contribution >= 0.6 is 0 Å². The van der Waals surface area contributed by atoms with Gasteiger partial charge in [-0.05, 0) is 36.7 Å². The van der Waals surface area contributed by atoms with Crippen LogP contribution in [0.1, 0.15) is 39.0 Å². The van der Waals surface area contributed by atoms with Crippen molar-refractivity contribution in [2.45, 2.75) is 50.7 Å². The fraction of sp³-hybridized carbons (Fsp3) is 0.867. The highest BCUT2D eigenvalue weighted by Crippen LogP contribution is 2.37. The van der Waals surface area contributed by atoms with Crippen LogP contribution in [0.15, 0.2) is 6.33 Å². The maximum absolute atomic E-state index is 13.3. The summed E-state index contributed by atoms with van der Waals surface area (Å²) >= 11 is 0. The van der Waals surface area contributed by atoms with E-state index in [0.717, 1.165) is 32.1 Å². The monoisotopic (exact) mass is 322 g/mol. The third-order valence-electron chi connectivity index (χ3n) is 5.22. The predicted molar refractivity (Wildman–Crippen MR) is 83.4 cm³/mol. The van der Waals surface area contributed by atoms with Crippen molar-refractivity contribution in [1.29, 1.82) is 0 Å². The predicted octanol–water partition coefficient (Wildman–Crippen LogP) is 0.155. The molecular formula is C15H26N6O2. The van der Waals surface area contributed by atoms with Crippen LogP contribution in [-0.2, 0) is 15.1 Å². The minimum absolute atomic E-state index is 0.0310. The molecule has 2 atom stereocenters. The Morgan fingerprint density at radius 3 is 2.74 bits per heavy atom. The van der Waals surface area contributed by atoms with E-state index in [1.165, 1.54) is 0 Å². The molecule has 0 radical (unpaired) electrons. The molecule has 0 spiro atoms. The number of tetrazole rings is 1. The van der Waals surface area contributed by atoms with Crippen LogP contribution in [0.4, 0.5) is 0 Å². The van der Waals surface area contributed by atoms with Gasteiger partial charge in [0.05, 0.1) is 6.10 Å². The molecule has 3 rings (SSSR count). The molecule has 8 nitrogen and oxygen atoms in total. The van der Waals surface area contributed by atoms with Gasteiger partial charge in [-0.2, -0.15) is 0 Å². The molecule has 0 aromatic carbocycles. The van der Waals surface area contributed by atoms with Crippen LogP contribution in [-0.4, -0.2) is 63.4 Å². The van der Waals surface area contributed by atoms with E-state index in [2.05, 4.69) is 15.5 Å². The van der Waals surface area contributed by atoms with Gasteiger partial charge in [0.1, 0.15) is 11.9 Å². The summed E-state index contributed by atoms with van der Waals surface area (Å²) in [5.41, 5.74) is 5.23. The Bertz CT molecular complexity index is 514. The largest absolute Gasteiger partial charge is 0.376 e. The van der Waals surface area contributed by atoms with Gasteiger partial charge in [0.15, 0.2) is 0 Å². The van der Waals surface area contributed by atoms with Crippen LogP contribution in [0.3, 0.4) is 0 Å². The molecule has 1 saturated carbocycles. The lowest BCUT2D eigenvalue weighted by Gasteiger charge is -2.38. The zero-order valence-corrected chi connectivity index (χ0v) is 13.7. The lowest BCUT2D eigenvalue weighted by atomic mass is 9.80. The molecule has 1 aromatic heterocycles. The van der Waals surface area contributed by atoms with Gasteiger partial charge in [0.25, 0.3) is 5.91 Å². The lowest BCUT2D eigenvalue weighted by molar-refractivity contribution is -0.143. The Labute approximate surface area is 136 Å². The van der Waals surface area contributed by atoms with Crippen LogP contribution in [0, 0.1) is 5.92 Å². The number of hydrogen-bond donors (Lipinski definition) is 1. The van der Waals surface area contributed by atoms with Crippen molar-refractivity contribution in [3.63, 3.8) is 0 Å². The number of carbonyl (C=O) groups excluding carboxylic acids is 1. The molecule has 1 aliphatic carbocycles. The number of ether oxygens (including phenoxy) is 1. The molecule has 1 aromatic rings. The van der Waals surface area contributed by atoms with Crippen molar-refractivity contribution in [3.8, 4) is 0 Å². The summed E-state index contributed by atoms with van der Waals surface area (Å²) in [6.07, 6.45) is 6.39. The van der Waals surface area contributed by atoms with Crippen molar-refractivity contribution in [1.82, 2.24) is 25.1 Å². The van der Waals surface area contributed by atoms with E-state index in [4.69, 9.17) is 10.5 Å². The van der Waals surface area contributed by atoms with Crippen LogP contribution in [0.2, 0.25) is 0 Å². The van der Waals surface area contributed by atoms with E-state index >= 15 is 0 Å². The van der Waals surface area contributed by atoms with Gasteiger partial charge >= 0.3 is 0 Å². The SMILES string of the molecule is CCO[C@@H]1CN(C(=O)C2(n3cnnn3)CCCCC2)C[C@H]1CN. The van der Waals surface area contributed by atoms with E-state index < -0.39 is 5.54 Å². The molecule has 128 valence electrons. The van der Waals surface area contributed by atoms with E-state index in [1.54, 1.807) is 11.0 Å². The number of hydrogen-bond acceptors (Lipinski definition) is 6. The van der Waals surface area contributed by atoms with Crippen molar-refractivity contribution in [2.75, 3.05) is 26.2 Å². The zero-order valence-electron chi connectivity index (χ0n) is 13.7. The number of likely N-dealkylation sites (tertiary alicyclic amines) is 1. The van der Waals surface area contributed by atoms with Crippen LogP contribution < -0.4 is 5.73 Å². The second-order valence-corrected chi connectivity index (χ2v) is 6.55. The summed E-state index contributed by atoms with van der Waals surface area (Å²) in [7, 11) is 0. The molecule has 2 aliphatic rings. The van der Waals surface area contributed by atoms with Gasteiger partial charge in [-0.3, -0.25) is 4.79 Å². The third kappa shape index (κ3) is 2.97. The van der Waals surface area contributed by atoms with Gasteiger partial charge < -0.3 is 15.4 Å². The molecule has 2 fully saturated rings. The zero-order chi connectivity index (χ0) is 16.3. The summed E-state index contributed by atoms with van der Waals surface area (Å²) in [6.45, 7) is 4.41. The second-order valence-electron chi connectivity index (χ2n) is 6.55. The molecule has 1 aliphatic heterocycles. The first kappa shape index (κ1) is 16.3. The third-order valence-corrected chi connectivity index (χ3v) is 5.22. The standard InChI is InChI=1S/C15H26N6O2/c1-2-23-13-10-20(9-12(13)8-16)14(22)15(6-4-3-5-7-15)21-11-17-18-19-21/h11-13H,2-10,16H2,1H3/t12-,13-/m1/s1. The first-order chi connectivity index (χ1) is 11.2. The number of carbonyl (C=O) groups is 1. The van der Waals surface area contributed by atoms with Crippen LogP contribution in [0.25, 0.3) is 0 Å². The molecule has 1 saturated heterocycles. The number of aromatic nitrogens is 4. The van der Waals surface area contributed by atoms with Crippen molar-refractivity contribution in [2.24, 2.45) is 11.7 Å². The minimum Gasteiger partial charge on any atom is -0.376 e. The first-order valence-electron chi connectivity index (χ1n) is 8.56. The average molecular weight is 322 g/mol. The van der Waals surface area contributed by atoms with E-state index in [9.17, 15) is 4.79 Å². The Morgan fingerprint density at radius 2 is 2.13 bits per heavy atom. The van der Waals surface area contributed by atoms with Gasteiger partial charge in [-0.1, -0.05) is 19.3 Å².